The van der Waals surface area contributed by atoms with Crippen LogP contribution < -0.4 is 9.64 Å². The molecule has 2 aromatic rings. The molecule has 5 heteroatoms. The molecule has 2 aromatic carbocycles. The normalized spacial score (nSPS) is 18.8. The number of piperidine rings is 1. The summed E-state index contributed by atoms with van der Waals surface area (Å²) in [5.41, 5.74) is 3.15. The lowest BCUT2D eigenvalue weighted by molar-refractivity contribution is -0.112. The molecular weight excluding hydrogens is 338 g/mol. The highest BCUT2D eigenvalue weighted by Crippen LogP contribution is 2.31. The third-order valence-corrected chi connectivity index (χ3v) is 5.08. The number of para-hydroxylation sites is 1. The van der Waals surface area contributed by atoms with Crippen LogP contribution in [0, 0.1) is 0 Å². The highest BCUT2D eigenvalue weighted by Gasteiger charge is 2.34. The molecule has 0 aliphatic carbocycles. The Labute approximate surface area is 160 Å². The van der Waals surface area contributed by atoms with Crippen molar-refractivity contribution >= 4 is 23.0 Å². The highest BCUT2D eigenvalue weighted by molar-refractivity contribution is 6.54. The molecule has 2 aliphatic heterocycles. The minimum absolute atomic E-state index is 0.0179. The zero-order chi connectivity index (χ0) is 18.6. The van der Waals surface area contributed by atoms with Crippen molar-refractivity contribution in [3.8, 4) is 5.75 Å². The van der Waals surface area contributed by atoms with E-state index in [1.54, 1.807) is 0 Å². The molecule has 1 amide bonds. The topological polar surface area (TPSA) is 45.1 Å². The van der Waals surface area contributed by atoms with Crippen LogP contribution in [-0.2, 0) is 4.79 Å². The SMILES string of the molecule is CCOc1ccc(N=C2C(=O)N(CN3CCCCC3)c3ccccc32)cc1. The number of nitrogens with zero attached hydrogens (tertiary/aromatic N) is 3. The number of aliphatic imine (C=N–C) groups is 1. The van der Waals surface area contributed by atoms with Crippen LogP contribution in [0.25, 0.3) is 0 Å². The highest BCUT2D eigenvalue weighted by atomic mass is 16.5. The van der Waals surface area contributed by atoms with E-state index in [9.17, 15) is 4.79 Å². The van der Waals surface area contributed by atoms with Gasteiger partial charge in [0.1, 0.15) is 11.5 Å². The summed E-state index contributed by atoms with van der Waals surface area (Å²) in [5.74, 6) is 0.794. The number of hydrogen-bond donors (Lipinski definition) is 0. The van der Waals surface area contributed by atoms with E-state index in [0.29, 0.717) is 19.0 Å². The maximum Gasteiger partial charge on any atom is 0.278 e. The number of benzene rings is 2. The molecule has 4 rings (SSSR count). The monoisotopic (exact) mass is 363 g/mol. The van der Waals surface area contributed by atoms with Crippen molar-refractivity contribution in [2.75, 3.05) is 31.3 Å². The number of ether oxygens (including phenoxy) is 1. The second-order valence-electron chi connectivity index (χ2n) is 6.96. The van der Waals surface area contributed by atoms with E-state index in [1.807, 2.05) is 60.4 Å². The first-order valence-corrected chi connectivity index (χ1v) is 9.71. The lowest BCUT2D eigenvalue weighted by atomic mass is 10.1. The Morgan fingerprint density at radius 3 is 2.48 bits per heavy atom. The van der Waals surface area contributed by atoms with Crippen LogP contribution in [0.1, 0.15) is 31.7 Å². The molecule has 1 fully saturated rings. The molecule has 5 nitrogen and oxygen atoms in total. The first kappa shape index (κ1) is 17.7. The minimum atomic E-state index is -0.0179. The Hall–Kier alpha value is -2.66. The minimum Gasteiger partial charge on any atom is -0.494 e. The van der Waals surface area contributed by atoms with E-state index in [1.165, 1.54) is 19.3 Å². The van der Waals surface area contributed by atoms with Gasteiger partial charge in [0.25, 0.3) is 5.91 Å². The molecule has 0 atom stereocenters. The lowest BCUT2D eigenvalue weighted by Gasteiger charge is -2.30. The van der Waals surface area contributed by atoms with Gasteiger partial charge in [0.05, 0.1) is 24.7 Å². The third kappa shape index (κ3) is 3.74. The van der Waals surface area contributed by atoms with Crippen LogP contribution in [0.2, 0.25) is 0 Å². The summed E-state index contributed by atoms with van der Waals surface area (Å²) >= 11 is 0. The summed E-state index contributed by atoms with van der Waals surface area (Å²) in [5, 5.41) is 0. The van der Waals surface area contributed by atoms with E-state index in [4.69, 9.17) is 4.74 Å². The summed E-state index contributed by atoms with van der Waals surface area (Å²) in [7, 11) is 0. The zero-order valence-electron chi connectivity index (χ0n) is 15.7. The van der Waals surface area contributed by atoms with Crippen LogP contribution >= 0.6 is 0 Å². The number of fused-ring (bicyclic) bond motifs is 1. The van der Waals surface area contributed by atoms with Crippen LogP contribution in [0.5, 0.6) is 5.75 Å². The molecule has 1 saturated heterocycles. The van der Waals surface area contributed by atoms with Gasteiger partial charge >= 0.3 is 0 Å². The molecule has 0 spiro atoms. The van der Waals surface area contributed by atoms with Gasteiger partial charge in [0.15, 0.2) is 0 Å². The number of carbonyl (C=O) groups is 1. The number of carbonyl (C=O) groups excluding carboxylic acids is 1. The fourth-order valence-electron chi connectivity index (χ4n) is 3.72. The fraction of sp³-hybridized carbons (Fsp3) is 0.364. The van der Waals surface area contributed by atoms with Crippen molar-refractivity contribution in [1.82, 2.24) is 4.90 Å². The molecule has 27 heavy (non-hydrogen) atoms. The van der Waals surface area contributed by atoms with Gasteiger partial charge in [-0.1, -0.05) is 24.6 Å². The molecule has 0 N–H and O–H groups in total. The molecule has 140 valence electrons. The maximum absolute atomic E-state index is 13.2. The van der Waals surface area contributed by atoms with Gasteiger partial charge in [-0.15, -0.1) is 0 Å². The maximum atomic E-state index is 13.2. The van der Waals surface area contributed by atoms with Gasteiger partial charge in [-0.2, -0.15) is 0 Å². The van der Waals surface area contributed by atoms with Crippen molar-refractivity contribution in [3.05, 3.63) is 54.1 Å². The summed E-state index contributed by atoms with van der Waals surface area (Å²) < 4.78 is 5.48. The molecule has 0 bridgehead atoms. The van der Waals surface area contributed by atoms with Crippen molar-refractivity contribution in [2.45, 2.75) is 26.2 Å². The summed E-state index contributed by atoms with van der Waals surface area (Å²) in [6.07, 6.45) is 3.69. The van der Waals surface area contributed by atoms with E-state index >= 15 is 0 Å². The average Bonchev–Trinajstić information content (AvgIpc) is 2.96. The van der Waals surface area contributed by atoms with Crippen molar-refractivity contribution in [2.24, 2.45) is 4.99 Å². The molecule has 0 unspecified atom stereocenters. The summed E-state index contributed by atoms with van der Waals surface area (Å²) in [4.78, 5) is 22.1. The van der Waals surface area contributed by atoms with Crippen LogP contribution in [0.3, 0.4) is 0 Å². The van der Waals surface area contributed by atoms with Crippen molar-refractivity contribution < 1.29 is 9.53 Å². The van der Waals surface area contributed by atoms with E-state index in [0.717, 1.165) is 35.8 Å². The predicted octanol–water partition coefficient (Wildman–Crippen LogP) is 4.00. The lowest BCUT2D eigenvalue weighted by Crippen LogP contribution is -2.43. The first-order valence-electron chi connectivity index (χ1n) is 9.71. The average molecular weight is 363 g/mol. The molecule has 0 aromatic heterocycles. The second kappa shape index (κ2) is 7.92. The Kier molecular flexibility index (Phi) is 5.21. The van der Waals surface area contributed by atoms with Gasteiger partial charge in [0, 0.05) is 5.56 Å². The Morgan fingerprint density at radius 2 is 1.74 bits per heavy atom. The van der Waals surface area contributed by atoms with Gasteiger partial charge in [-0.3, -0.25) is 14.6 Å². The smallest absolute Gasteiger partial charge is 0.278 e. The predicted molar refractivity (Wildman–Crippen MR) is 108 cm³/mol. The molecule has 0 saturated carbocycles. The molecule has 2 heterocycles. The fourth-order valence-corrected chi connectivity index (χ4v) is 3.72. The quantitative estimate of drug-likeness (QED) is 0.807. The number of likely N-dealkylation sites (tertiary alicyclic amines) is 1. The second-order valence-corrected chi connectivity index (χ2v) is 6.96. The number of amides is 1. The van der Waals surface area contributed by atoms with Gasteiger partial charge in [0.2, 0.25) is 0 Å². The number of rotatable bonds is 5. The van der Waals surface area contributed by atoms with Crippen molar-refractivity contribution in [3.63, 3.8) is 0 Å². The van der Waals surface area contributed by atoms with Crippen LogP contribution in [0.4, 0.5) is 11.4 Å². The molecule has 2 aliphatic rings. The Bertz CT molecular complexity index is 839. The largest absolute Gasteiger partial charge is 0.494 e. The first-order chi connectivity index (χ1) is 13.3. The van der Waals surface area contributed by atoms with Gasteiger partial charge < -0.3 is 4.74 Å². The van der Waals surface area contributed by atoms with E-state index in [2.05, 4.69) is 9.89 Å². The number of hydrogen-bond acceptors (Lipinski definition) is 4. The number of anilines is 1. The Morgan fingerprint density at radius 1 is 1.00 bits per heavy atom. The van der Waals surface area contributed by atoms with Gasteiger partial charge in [-0.25, -0.2) is 4.99 Å². The Balaban J connectivity index is 1.62. The van der Waals surface area contributed by atoms with Crippen molar-refractivity contribution in [1.29, 1.82) is 0 Å². The van der Waals surface area contributed by atoms with E-state index < -0.39 is 0 Å². The molecular formula is C22H25N3O2. The van der Waals surface area contributed by atoms with Gasteiger partial charge in [-0.05, 0) is 63.2 Å². The summed E-state index contributed by atoms with van der Waals surface area (Å²) in [6, 6.07) is 15.5. The van der Waals surface area contributed by atoms with Crippen LogP contribution in [0.15, 0.2) is 53.5 Å². The third-order valence-electron chi connectivity index (χ3n) is 5.08. The van der Waals surface area contributed by atoms with E-state index in [-0.39, 0.29) is 5.91 Å². The standard InChI is InChI=1S/C22H25N3O2/c1-2-27-18-12-10-17(11-13-18)23-21-19-8-4-5-9-20(19)25(22(21)26)16-24-14-6-3-7-15-24/h4-5,8-13H,2-3,6-7,14-16H2,1H3. The summed E-state index contributed by atoms with van der Waals surface area (Å²) in [6.45, 7) is 5.33. The van der Waals surface area contributed by atoms with Crippen LogP contribution in [-0.4, -0.2) is 42.9 Å². The molecule has 0 radical (unpaired) electrons. The zero-order valence-corrected chi connectivity index (χ0v) is 15.7.